The molecule has 0 aromatic heterocycles. The molecule has 4 nitrogen and oxygen atoms in total. The highest BCUT2D eigenvalue weighted by molar-refractivity contribution is 5.92. The topological polar surface area (TPSA) is 53.6 Å². The van der Waals surface area contributed by atoms with E-state index < -0.39 is 0 Å². The molecule has 4 heteroatoms. The summed E-state index contributed by atoms with van der Waals surface area (Å²) in [4.78, 5) is 7.03. The molecule has 0 radical (unpaired) electrons. The molecule has 1 fully saturated rings. The van der Waals surface area contributed by atoms with Crippen molar-refractivity contribution in [3.63, 3.8) is 0 Å². The molecule has 1 aromatic rings. The van der Waals surface area contributed by atoms with Crippen LogP contribution in [-0.2, 0) is 0 Å². The summed E-state index contributed by atoms with van der Waals surface area (Å²) >= 11 is 0. The average Bonchev–Trinajstić information content (AvgIpc) is 2.41. The van der Waals surface area contributed by atoms with Crippen LogP contribution in [0.5, 0.6) is 0 Å². The number of nitrogens with one attached hydrogen (secondary N) is 1. The molecule has 0 aliphatic carbocycles. The van der Waals surface area contributed by atoms with Gasteiger partial charge >= 0.3 is 0 Å². The van der Waals surface area contributed by atoms with Crippen LogP contribution in [0, 0.1) is 25.7 Å². The summed E-state index contributed by atoms with van der Waals surface area (Å²) in [5, 5.41) is 3.19. The van der Waals surface area contributed by atoms with Gasteiger partial charge in [0.25, 0.3) is 0 Å². The molecule has 1 aliphatic rings. The van der Waals surface area contributed by atoms with E-state index in [0.717, 1.165) is 37.0 Å². The smallest absolute Gasteiger partial charge is 0.193 e. The fourth-order valence-corrected chi connectivity index (χ4v) is 3.70. The summed E-state index contributed by atoms with van der Waals surface area (Å²) in [6, 6.07) is 6.33. The Kier molecular flexibility index (Phi) is 6.46. The van der Waals surface area contributed by atoms with E-state index >= 15 is 0 Å². The first-order valence-electron chi connectivity index (χ1n) is 8.80. The van der Waals surface area contributed by atoms with Crippen LogP contribution in [0.3, 0.4) is 0 Å². The van der Waals surface area contributed by atoms with E-state index in [-0.39, 0.29) is 0 Å². The molecule has 0 bridgehead atoms. The van der Waals surface area contributed by atoms with Crippen molar-refractivity contribution >= 4 is 11.6 Å². The zero-order chi connectivity index (χ0) is 16.8. The van der Waals surface area contributed by atoms with Gasteiger partial charge in [-0.15, -0.1) is 0 Å². The minimum atomic E-state index is 0.510. The Balaban J connectivity index is 1.74. The monoisotopic (exact) mass is 316 g/mol. The first kappa shape index (κ1) is 17.8. The van der Waals surface area contributed by atoms with Gasteiger partial charge in [0.05, 0.1) is 0 Å². The molecule has 2 rings (SSSR count). The number of nitrogens with two attached hydrogens (primary N) is 1. The number of rotatable bonds is 5. The van der Waals surface area contributed by atoms with Gasteiger partial charge in [0.2, 0.25) is 0 Å². The number of nitrogens with zero attached hydrogens (tertiary/aromatic N) is 2. The predicted molar refractivity (Wildman–Crippen MR) is 100 cm³/mol. The Bertz CT molecular complexity index is 508. The molecule has 1 aromatic carbocycles. The summed E-state index contributed by atoms with van der Waals surface area (Å²) in [6.45, 7) is 13.2. The Morgan fingerprint density at radius 3 is 2.39 bits per heavy atom. The van der Waals surface area contributed by atoms with Gasteiger partial charge in [0.1, 0.15) is 0 Å². The molecule has 23 heavy (non-hydrogen) atoms. The normalized spacial score (nSPS) is 23.0. The Morgan fingerprint density at radius 2 is 1.78 bits per heavy atom. The van der Waals surface area contributed by atoms with Gasteiger partial charge in [0, 0.05) is 25.3 Å². The second-order valence-corrected chi connectivity index (χ2v) is 7.33. The van der Waals surface area contributed by atoms with Crippen molar-refractivity contribution in [2.45, 2.75) is 40.5 Å². The van der Waals surface area contributed by atoms with E-state index in [1.54, 1.807) is 0 Å². The molecule has 1 heterocycles. The largest absolute Gasteiger partial charge is 0.370 e. The van der Waals surface area contributed by atoms with Crippen molar-refractivity contribution in [2.24, 2.45) is 22.6 Å². The molecule has 1 saturated heterocycles. The van der Waals surface area contributed by atoms with E-state index in [1.807, 2.05) is 0 Å². The van der Waals surface area contributed by atoms with Gasteiger partial charge in [-0.3, -0.25) is 4.99 Å². The summed E-state index contributed by atoms with van der Waals surface area (Å²) < 4.78 is 0. The van der Waals surface area contributed by atoms with Crippen LogP contribution in [0.2, 0.25) is 0 Å². The second kappa shape index (κ2) is 8.34. The summed E-state index contributed by atoms with van der Waals surface area (Å²) in [5.74, 6) is 2.15. The number of likely N-dealkylation sites (tertiary alicyclic amines) is 1. The van der Waals surface area contributed by atoms with Crippen LogP contribution in [0.1, 0.15) is 37.8 Å². The number of piperidine rings is 1. The highest BCUT2D eigenvalue weighted by Gasteiger charge is 2.20. The quantitative estimate of drug-likeness (QED) is 0.497. The SMILES string of the molecule is Cc1cc(C)cc(NC(N)=NCCCN2CC(C)CC(C)C2)c1. The van der Waals surface area contributed by atoms with Crippen molar-refractivity contribution in [1.82, 2.24) is 4.90 Å². The second-order valence-electron chi connectivity index (χ2n) is 7.33. The Labute approximate surface area is 141 Å². The van der Waals surface area contributed by atoms with Crippen LogP contribution in [0.4, 0.5) is 5.69 Å². The van der Waals surface area contributed by atoms with E-state index in [0.29, 0.717) is 5.96 Å². The summed E-state index contributed by atoms with van der Waals surface area (Å²) in [5.41, 5.74) is 9.47. The van der Waals surface area contributed by atoms with Gasteiger partial charge in [-0.1, -0.05) is 19.9 Å². The molecule has 2 unspecified atom stereocenters. The number of aryl methyl sites for hydroxylation is 2. The average molecular weight is 316 g/mol. The number of guanidine groups is 1. The lowest BCUT2D eigenvalue weighted by atomic mass is 9.92. The van der Waals surface area contributed by atoms with E-state index in [2.05, 4.69) is 61.1 Å². The molecular formula is C19H32N4. The van der Waals surface area contributed by atoms with E-state index in [1.165, 1.54) is 30.6 Å². The lowest BCUT2D eigenvalue weighted by molar-refractivity contribution is 0.140. The third-order valence-electron chi connectivity index (χ3n) is 4.35. The van der Waals surface area contributed by atoms with Gasteiger partial charge in [-0.25, -0.2) is 0 Å². The van der Waals surface area contributed by atoms with Crippen LogP contribution in [0.15, 0.2) is 23.2 Å². The molecule has 0 amide bonds. The number of benzene rings is 1. The molecule has 0 spiro atoms. The van der Waals surface area contributed by atoms with Crippen molar-refractivity contribution in [1.29, 1.82) is 0 Å². The van der Waals surface area contributed by atoms with E-state index in [4.69, 9.17) is 5.73 Å². The van der Waals surface area contributed by atoms with Crippen molar-refractivity contribution in [2.75, 3.05) is 31.5 Å². The molecule has 3 N–H and O–H groups in total. The maximum atomic E-state index is 5.99. The third kappa shape index (κ3) is 6.22. The highest BCUT2D eigenvalue weighted by Crippen LogP contribution is 2.20. The van der Waals surface area contributed by atoms with Crippen LogP contribution < -0.4 is 11.1 Å². The molecule has 2 atom stereocenters. The standard InChI is InChI=1S/C19H32N4/c1-14-8-15(2)11-18(10-14)22-19(20)21-6-5-7-23-12-16(3)9-17(4)13-23/h8,10-11,16-17H,5-7,9,12-13H2,1-4H3,(H3,20,21,22). The highest BCUT2D eigenvalue weighted by atomic mass is 15.1. The van der Waals surface area contributed by atoms with E-state index in [9.17, 15) is 0 Å². The molecular weight excluding hydrogens is 284 g/mol. The van der Waals surface area contributed by atoms with Gasteiger partial charge in [-0.2, -0.15) is 0 Å². The number of aliphatic imine (C=N–C) groups is 1. The van der Waals surface area contributed by atoms with Gasteiger partial charge < -0.3 is 16.0 Å². The fraction of sp³-hybridized carbons (Fsp3) is 0.632. The summed E-state index contributed by atoms with van der Waals surface area (Å²) in [7, 11) is 0. The van der Waals surface area contributed by atoms with Crippen molar-refractivity contribution < 1.29 is 0 Å². The summed E-state index contributed by atoms with van der Waals surface area (Å²) in [6.07, 6.45) is 2.43. The zero-order valence-corrected chi connectivity index (χ0v) is 15.1. The maximum Gasteiger partial charge on any atom is 0.193 e. The van der Waals surface area contributed by atoms with Gasteiger partial charge in [0.15, 0.2) is 5.96 Å². The lowest BCUT2D eigenvalue weighted by Crippen LogP contribution is -2.39. The van der Waals surface area contributed by atoms with Crippen LogP contribution in [0.25, 0.3) is 0 Å². The minimum absolute atomic E-state index is 0.510. The number of hydrogen-bond donors (Lipinski definition) is 2. The fourth-order valence-electron chi connectivity index (χ4n) is 3.70. The maximum absolute atomic E-state index is 5.99. The zero-order valence-electron chi connectivity index (χ0n) is 15.1. The van der Waals surface area contributed by atoms with Crippen molar-refractivity contribution in [3.8, 4) is 0 Å². The first-order chi connectivity index (χ1) is 10.9. The first-order valence-corrected chi connectivity index (χ1v) is 8.80. The molecule has 0 saturated carbocycles. The Hall–Kier alpha value is -1.55. The minimum Gasteiger partial charge on any atom is -0.370 e. The number of hydrogen-bond acceptors (Lipinski definition) is 2. The third-order valence-corrected chi connectivity index (χ3v) is 4.35. The molecule has 1 aliphatic heterocycles. The van der Waals surface area contributed by atoms with Crippen LogP contribution >= 0.6 is 0 Å². The lowest BCUT2D eigenvalue weighted by Gasteiger charge is -2.34. The van der Waals surface area contributed by atoms with Crippen molar-refractivity contribution in [3.05, 3.63) is 29.3 Å². The Morgan fingerprint density at radius 1 is 1.17 bits per heavy atom. The predicted octanol–water partition coefficient (Wildman–Crippen LogP) is 3.40. The molecule has 128 valence electrons. The van der Waals surface area contributed by atoms with Crippen LogP contribution in [-0.4, -0.2) is 37.0 Å². The number of anilines is 1. The van der Waals surface area contributed by atoms with Gasteiger partial charge in [-0.05, 0) is 68.3 Å².